The number of carbonyl (C=O) groups is 3. The van der Waals surface area contributed by atoms with Gasteiger partial charge in [-0.3, -0.25) is 14.4 Å². The van der Waals surface area contributed by atoms with Crippen molar-refractivity contribution in [3.05, 3.63) is 100 Å². The molecular weight excluding hydrogens is 414 g/mol. The van der Waals surface area contributed by atoms with Crippen LogP contribution in [0.25, 0.3) is 0 Å². The van der Waals surface area contributed by atoms with E-state index in [9.17, 15) is 19.5 Å². The highest BCUT2D eigenvalue weighted by Gasteiger charge is 2.71. The highest BCUT2D eigenvalue weighted by Crippen LogP contribution is 2.64. The summed E-state index contributed by atoms with van der Waals surface area (Å²) in [7, 11) is 0. The number of hydrogen-bond donors (Lipinski definition) is 1. The SMILES string of the molecule is O=C1[C@@H]2[C@@H](C(=O)N1c1ccc(Cl)cc1)C1c3ccccc3C2(C(=O)O)c2ccccc21. The lowest BCUT2D eigenvalue weighted by Gasteiger charge is -2.51. The number of imide groups is 1. The van der Waals surface area contributed by atoms with E-state index in [2.05, 4.69) is 0 Å². The molecule has 2 amide bonds. The fourth-order valence-corrected chi connectivity index (χ4v) is 6.11. The minimum atomic E-state index is -1.61. The maximum Gasteiger partial charge on any atom is 0.319 e. The summed E-state index contributed by atoms with van der Waals surface area (Å²) < 4.78 is 0. The Morgan fingerprint density at radius 1 is 0.839 bits per heavy atom. The molecule has 3 aliphatic carbocycles. The number of carboxylic acid groups (broad SMARTS) is 1. The third-order valence-electron chi connectivity index (χ3n) is 7.04. The van der Waals surface area contributed by atoms with Crippen LogP contribution in [-0.2, 0) is 19.8 Å². The van der Waals surface area contributed by atoms with E-state index in [1.807, 2.05) is 24.3 Å². The summed E-state index contributed by atoms with van der Waals surface area (Å²) in [6, 6.07) is 21.1. The molecule has 31 heavy (non-hydrogen) atoms. The first-order valence-corrected chi connectivity index (χ1v) is 10.4. The van der Waals surface area contributed by atoms with Crippen LogP contribution in [0.1, 0.15) is 28.2 Å². The first-order chi connectivity index (χ1) is 15.0. The van der Waals surface area contributed by atoms with E-state index in [0.717, 1.165) is 16.0 Å². The van der Waals surface area contributed by atoms with E-state index in [-0.39, 0.29) is 11.8 Å². The molecule has 7 rings (SSSR count). The highest BCUT2D eigenvalue weighted by molar-refractivity contribution is 6.31. The molecule has 1 fully saturated rings. The Balaban J connectivity index is 1.67. The van der Waals surface area contributed by atoms with Gasteiger partial charge in [0.05, 0.1) is 17.5 Å². The summed E-state index contributed by atoms with van der Waals surface area (Å²) in [5.41, 5.74) is 1.62. The Morgan fingerprint density at radius 3 is 1.94 bits per heavy atom. The minimum absolute atomic E-state index is 0.364. The Morgan fingerprint density at radius 2 is 1.39 bits per heavy atom. The van der Waals surface area contributed by atoms with Crippen LogP contribution in [0.5, 0.6) is 0 Å². The van der Waals surface area contributed by atoms with Gasteiger partial charge in [0.2, 0.25) is 11.8 Å². The standard InChI is InChI=1S/C25H16ClNO4/c26-13-9-11-14(12-10-13)27-22(28)20-19-15-5-1-3-7-17(15)25(24(30)31,21(20)23(27)29)18-8-4-2-6-16(18)19/h1-12,19-21H,(H,30,31)/t19?,20-,21-,25?/m0/s1. The fraction of sp³-hybridized carbons (Fsp3) is 0.160. The maximum absolute atomic E-state index is 13.8. The molecule has 1 saturated heterocycles. The van der Waals surface area contributed by atoms with Crippen LogP contribution in [0.3, 0.4) is 0 Å². The van der Waals surface area contributed by atoms with Crippen LogP contribution in [0.15, 0.2) is 72.8 Å². The molecule has 1 heterocycles. The monoisotopic (exact) mass is 429 g/mol. The number of carbonyl (C=O) groups excluding carboxylic acids is 2. The van der Waals surface area contributed by atoms with Crippen molar-refractivity contribution in [1.82, 2.24) is 0 Å². The largest absolute Gasteiger partial charge is 0.480 e. The van der Waals surface area contributed by atoms with Crippen LogP contribution >= 0.6 is 11.6 Å². The third kappa shape index (κ3) is 2.04. The van der Waals surface area contributed by atoms with Gasteiger partial charge in [-0.2, -0.15) is 0 Å². The molecule has 3 aromatic carbocycles. The molecule has 0 saturated carbocycles. The first-order valence-electron chi connectivity index (χ1n) is 10.0. The second-order valence-corrected chi connectivity index (χ2v) is 8.69. The van der Waals surface area contributed by atoms with Crippen LogP contribution in [-0.4, -0.2) is 22.9 Å². The number of amides is 2. The molecule has 1 N–H and O–H groups in total. The van der Waals surface area contributed by atoms with E-state index in [0.29, 0.717) is 21.8 Å². The molecule has 6 heteroatoms. The number of carboxylic acids is 1. The van der Waals surface area contributed by atoms with Crippen molar-refractivity contribution in [2.45, 2.75) is 11.3 Å². The van der Waals surface area contributed by atoms with Crippen molar-refractivity contribution in [1.29, 1.82) is 0 Å². The van der Waals surface area contributed by atoms with E-state index < -0.39 is 29.1 Å². The summed E-state index contributed by atoms with van der Waals surface area (Å²) >= 11 is 5.99. The predicted molar refractivity (Wildman–Crippen MR) is 114 cm³/mol. The van der Waals surface area contributed by atoms with Gasteiger partial charge < -0.3 is 5.11 Å². The zero-order valence-corrected chi connectivity index (χ0v) is 16.9. The van der Waals surface area contributed by atoms with Crippen LogP contribution in [0, 0.1) is 11.8 Å². The zero-order valence-electron chi connectivity index (χ0n) is 16.2. The number of benzene rings is 3. The molecule has 2 bridgehead atoms. The summed E-state index contributed by atoms with van der Waals surface area (Å²) in [6.07, 6.45) is 0. The van der Waals surface area contributed by atoms with Crippen LogP contribution < -0.4 is 4.90 Å². The predicted octanol–water partition coefficient (Wildman–Crippen LogP) is 3.98. The lowest BCUT2D eigenvalue weighted by atomic mass is 9.47. The van der Waals surface area contributed by atoms with Gasteiger partial charge in [-0.25, -0.2) is 4.90 Å². The minimum Gasteiger partial charge on any atom is -0.480 e. The number of aliphatic carboxylic acids is 1. The quantitative estimate of drug-likeness (QED) is 0.625. The second kappa shape index (κ2) is 6.05. The van der Waals surface area contributed by atoms with Gasteiger partial charge in [-0.1, -0.05) is 60.1 Å². The molecule has 3 aromatic rings. The van der Waals surface area contributed by atoms with Gasteiger partial charge in [-0.05, 0) is 46.5 Å². The molecular formula is C25H16ClNO4. The summed E-state index contributed by atoms with van der Waals surface area (Å²) in [4.78, 5) is 41.6. The van der Waals surface area contributed by atoms with E-state index >= 15 is 0 Å². The molecule has 0 radical (unpaired) electrons. The lowest BCUT2D eigenvalue weighted by molar-refractivity contribution is -0.149. The average molecular weight is 430 g/mol. The van der Waals surface area contributed by atoms with Gasteiger partial charge in [0.15, 0.2) is 0 Å². The van der Waals surface area contributed by atoms with Gasteiger partial charge >= 0.3 is 5.97 Å². The van der Waals surface area contributed by atoms with Crippen molar-refractivity contribution in [3.63, 3.8) is 0 Å². The second-order valence-electron chi connectivity index (χ2n) is 8.26. The third-order valence-corrected chi connectivity index (χ3v) is 7.29. The normalized spacial score (nSPS) is 27.6. The van der Waals surface area contributed by atoms with Crippen molar-refractivity contribution in [2.75, 3.05) is 4.90 Å². The topological polar surface area (TPSA) is 74.7 Å². The number of nitrogens with zero attached hydrogens (tertiary/aromatic N) is 1. The lowest BCUT2D eigenvalue weighted by Crippen LogP contribution is -2.57. The van der Waals surface area contributed by atoms with Crippen LogP contribution in [0.4, 0.5) is 5.69 Å². The Bertz CT molecular complexity index is 1250. The maximum atomic E-state index is 13.8. The number of halogens is 1. The molecule has 0 unspecified atom stereocenters. The number of rotatable bonds is 2. The van der Waals surface area contributed by atoms with E-state index in [4.69, 9.17) is 11.6 Å². The van der Waals surface area contributed by atoms with Crippen molar-refractivity contribution in [3.8, 4) is 0 Å². The Kier molecular flexibility index (Phi) is 3.58. The van der Waals surface area contributed by atoms with Crippen molar-refractivity contribution < 1.29 is 19.5 Å². The molecule has 0 spiro atoms. The first kappa shape index (κ1) is 18.3. The number of hydrogen-bond acceptors (Lipinski definition) is 3. The fourth-order valence-electron chi connectivity index (χ4n) is 5.98. The van der Waals surface area contributed by atoms with Crippen LogP contribution in [0.2, 0.25) is 5.02 Å². The Labute approximate surface area is 182 Å². The van der Waals surface area contributed by atoms with Crippen molar-refractivity contribution >= 4 is 35.1 Å². The molecule has 5 nitrogen and oxygen atoms in total. The molecule has 1 aliphatic heterocycles. The van der Waals surface area contributed by atoms with Gasteiger partial charge in [0.1, 0.15) is 5.41 Å². The molecule has 4 aliphatic rings. The van der Waals surface area contributed by atoms with Gasteiger partial charge in [0, 0.05) is 10.9 Å². The Hall–Kier alpha value is -3.44. The summed E-state index contributed by atoms with van der Waals surface area (Å²) in [5.74, 6) is -4.11. The van der Waals surface area contributed by atoms with E-state index in [1.54, 1.807) is 48.5 Å². The molecule has 0 aromatic heterocycles. The number of anilines is 1. The molecule has 2 atom stereocenters. The van der Waals surface area contributed by atoms with E-state index in [1.165, 1.54) is 0 Å². The summed E-state index contributed by atoms with van der Waals surface area (Å²) in [6.45, 7) is 0. The highest BCUT2D eigenvalue weighted by atomic mass is 35.5. The average Bonchev–Trinajstić information content (AvgIpc) is 3.05. The van der Waals surface area contributed by atoms with Gasteiger partial charge in [-0.15, -0.1) is 0 Å². The molecule has 152 valence electrons. The summed E-state index contributed by atoms with van der Waals surface area (Å²) in [5, 5.41) is 11.1. The van der Waals surface area contributed by atoms with Crippen molar-refractivity contribution in [2.24, 2.45) is 11.8 Å². The smallest absolute Gasteiger partial charge is 0.319 e. The zero-order chi connectivity index (χ0) is 21.5. The van der Waals surface area contributed by atoms with Gasteiger partial charge in [0.25, 0.3) is 0 Å².